The molecule has 40 heavy (non-hydrogen) atoms. The van der Waals surface area contributed by atoms with E-state index in [-0.39, 0.29) is 12.6 Å². The first-order valence-electron chi connectivity index (χ1n) is 13.5. The van der Waals surface area contributed by atoms with Crippen LogP contribution in [0.2, 0.25) is 0 Å². The van der Waals surface area contributed by atoms with Crippen molar-refractivity contribution < 1.29 is 19.1 Å². The largest absolute Gasteiger partial charge is 0.443 e. The average Bonchev–Trinajstić information content (AvgIpc) is 3.32. The second-order valence-electron chi connectivity index (χ2n) is 10.2. The highest BCUT2D eigenvalue weighted by Crippen LogP contribution is 2.42. The molecule has 7 nitrogen and oxygen atoms in total. The number of hydrogen-bond acceptors (Lipinski definition) is 5. The van der Waals surface area contributed by atoms with Gasteiger partial charge in [0.1, 0.15) is 12.6 Å². The molecule has 3 atom stereocenters. The Kier molecular flexibility index (Phi) is 7.46. The third-order valence-electron chi connectivity index (χ3n) is 7.57. The van der Waals surface area contributed by atoms with E-state index >= 15 is 0 Å². The second-order valence-corrected chi connectivity index (χ2v) is 10.2. The topological polar surface area (TPSA) is 71.1 Å². The van der Waals surface area contributed by atoms with Gasteiger partial charge in [-0.2, -0.15) is 0 Å². The standard InChI is InChI=1S/C33H31N3O4/c37-32(39-23-26-16-8-3-9-17-26)34-36-30-29(20-27-18-10-11-19-28(27)31(30)40-33(36)38)35(21-24-12-4-1-5-13-24)22-25-14-6-2-7-15-25/h1-19,29-31H,20-23H2,(H,34,37)/t29-,30+,31-/m1/s1. The summed E-state index contributed by atoms with van der Waals surface area (Å²) in [4.78, 5) is 28.5. The summed E-state index contributed by atoms with van der Waals surface area (Å²) in [5.74, 6) is 0. The van der Waals surface area contributed by atoms with E-state index in [1.807, 2.05) is 84.9 Å². The Morgan fingerprint density at radius 3 is 1.98 bits per heavy atom. The first kappa shape index (κ1) is 25.6. The molecule has 6 rings (SSSR count). The predicted molar refractivity (Wildman–Crippen MR) is 151 cm³/mol. The van der Waals surface area contributed by atoms with Crippen molar-refractivity contribution >= 4 is 12.2 Å². The molecule has 7 heteroatoms. The molecule has 0 bridgehead atoms. The van der Waals surface area contributed by atoms with Gasteiger partial charge in [0.05, 0.1) is 0 Å². The fourth-order valence-electron chi connectivity index (χ4n) is 5.70. The van der Waals surface area contributed by atoms with E-state index in [9.17, 15) is 9.59 Å². The van der Waals surface area contributed by atoms with E-state index in [1.54, 1.807) is 0 Å². The average molecular weight is 534 g/mol. The zero-order valence-electron chi connectivity index (χ0n) is 22.1. The van der Waals surface area contributed by atoms with Crippen LogP contribution in [0.3, 0.4) is 0 Å². The zero-order valence-corrected chi connectivity index (χ0v) is 22.1. The van der Waals surface area contributed by atoms with Crippen LogP contribution in [0.1, 0.15) is 33.9 Å². The molecule has 0 unspecified atom stereocenters. The van der Waals surface area contributed by atoms with E-state index in [4.69, 9.17) is 9.47 Å². The number of nitrogens with one attached hydrogen (secondary N) is 1. The van der Waals surface area contributed by atoms with Crippen molar-refractivity contribution in [2.75, 3.05) is 0 Å². The van der Waals surface area contributed by atoms with Crippen molar-refractivity contribution in [3.63, 3.8) is 0 Å². The van der Waals surface area contributed by atoms with Crippen molar-refractivity contribution in [2.45, 2.75) is 44.3 Å². The lowest BCUT2D eigenvalue weighted by Crippen LogP contribution is -2.58. The summed E-state index contributed by atoms with van der Waals surface area (Å²) in [6, 6.07) is 37.5. The van der Waals surface area contributed by atoms with Crippen LogP contribution in [0.5, 0.6) is 0 Å². The number of fused-ring (bicyclic) bond motifs is 3. The van der Waals surface area contributed by atoms with E-state index < -0.39 is 24.3 Å². The van der Waals surface area contributed by atoms with Crippen molar-refractivity contribution in [3.05, 3.63) is 143 Å². The third kappa shape index (κ3) is 5.55. The monoisotopic (exact) mass is 533 g/mol. The first-order chi connectivity index (χ1) is 19.7. The fourth-order valence-corrected chi connectivity index (χ4v) is 5.70. The van der Waals surface area contributed by atoms with Gasteiger partial charge < -0.3 is 9.47 Å². The maximum Gasteiger partial charge on any atom is 0.429 e. The molecule has 2 amide bonds. The number of benzene rings is 4. The van der Waals surface area contributed by atoms with Crippen LogP contribution in [-0.2, 0) is 35.6 Å². The van der Waals surface area contributed by atoms with Gasteiger partial charge in [-0.3, -0.25) is 4.90 Å². The van der Waals surface area contributed by atoms with E-state index in [0.717, 1.165) is 16.7 Å². The molecular weight excluding hydrogens is 502 g/mol. The highest BCUT2D eigenvalue weighted by molar-refractivity contribution is 5.76. The fraction of sp³-hybridized carbons (Fsp3) is 0.212. The Hall–Kier alpha value is -4.62. The minimum Gasteiger partial charge on any atom is -0.443 e. The molecule has 2 aliphatic rings. The lowest BCUT2D eigenvalue weighted by molar-refractivity contribution is 0.0433. The number of nitrogens with zero attached hydrogens (tertiary/aromatic N) is 2. The maximum atomic E-state index is 13.3. The van der Waals surface area contributed by atoms with Crippen LogP contribution >= 0.6 is 0 Å². The number of ether oxygens (including phenoxy) is 2. The molecule has 0 radical (unpaired) electrons. The van der Waals surface area contributed by atoms with Crippen LogP contribution in [0.4, 0.5) is 9.59 Å². The van der Waals surface area contributed by atoms with Gasteiger partial charge in [-0.25, -0.2) is 20.0 Å². The quantitative estimate of drug-likeness (QED) is 0.300. The van der Waals surface area contributed by atoms with Gasteiger partial charge in [-0.1, -0.05) is 115 Å². The van der Waals surface area contributed by atoms with Crippen LogP contribution in [-0.4, -0.2) is 34.2 Å². The lowest BCUT2D eigenvalue weighted by Gasteiger charge is -2.42. The Bertz CT molecular complexity index is 1410. The van der Waals surface area contributed by atoms with Crippen LogP contribution in [0.15, 0.2) is 115 Å². The molecular formula is C33H31N3O4. The molecule has 1 aliphatic heterocycles. The Morgan fingerprint density at radius 2 is 1.35 bits per heavy atom. The van der Waals surface area contributed by atoms with Gasteiger partial charge in [0, 0.05) is 19.1 Å². The summed E-state index contributed by atoms with van der Waals surface area (Å²) in [7, 11) is 0. The molecule has 0 saturated carbocycles. The lowest BCUT2D eigenvalue weighted by atomic mass is 9.81. The van der Waals surface area contributed by atoms with Gasteiger partial charge in [0.15, 0.2) is 6.10 Å². The minimum atomic E-state index is -0.697. The first-order valence-corrected chi connectivity index (χ1v) is 13.5. The number of carbonyl (C=O) groups excluding carboxylic acids is 2. The zero-order chi connectivity index (χ0) is 27.3. The van der Waals surface area contributed by atoms with Gasteiger partial charge in [0.2, 0.25) is 0 Å². The van der Waals surface area contributed by atoms with Gasteiger partial charge in [-0.05, 0) is 34.2 Å². The molecule has 0 spiro atoms. The molecule has 1 N–H and O–H groups in total. The normalized spacial score (nSPS) is 19.5. The summed E-state index contributed by atoms with van der Waals surface area (Å²) in [5, 5.41) is 1.33. The second kappa shape index (κ2) is 11.6. The predicted octanol–water partition coefficient (Wildman–Crippen LogP) is 6.02. The Balaban J connectivity index is 1.31. The molecule has 4 aromatic carbocycles. The highest BCUT2D eigenvalue weighted by atomic mass is 16.6. The summed E-state index contributed by atoms with van der Waals surface area (Å²) in [6.07, 6.45) is -1.11. The number of hydrazine groups is 1. The summed E-state index contributed by atoms with van der Waals surface area (Å²) >= 11 is 0. The van der Waals surface area contributed by atoms with Gasteiger partial charge in [0.25, 0.3) is 0 Å². The molecule has 1 heterocycles. The number of rotatable bonds is 8. The minimum absolute atomic E-state index is 0.101. The molecule has 202 valence electrons. The molecule has 0 aromatic heterocycles. The van der Waals surface area contributed by atoms with E-state index in [2.05, 4.69) is 40.7 Å². The van der Waals surface area contributed by atoms with Crippen LogP contribution in [0, 0.1) is 0 Å². The molecule has 1 fully saturated rings. The molecule has 1 saturated heterocycles. The van der Waals surface area contributed by atoms with E-state index in [1.165, 1.54) is 16.1 Å². The molecule has 4 aromatic rings. The van der Waals surface area contributed by atoms with E-state index in [0.29, 0.717) is 19.5 Å². The number of hydrogen-bond donors (Lipinski definition) is 1. The van der Waals surface area contributed by atoms with Gasteiger partial charge >= 0.3 is 12.2 Å². The van der Waals surface area contributed by atoms with Crippen molar-refractivity contribution in [3.8, 4) is 0 Å². The Labute approximate surface area is 233 Å². The van der Waals surface area contributed by atoms with Crippen molar-refractivity contribution in [1.29, 1.82) is 0 Å². The molecule has 1 aliphatic carbocycles. The summed E-state index contributed by atoms with van der Waals surface area (Å²) in [6.45, 7) is 1.45. The van der Waals surface area contributed by atoms with Crippen molar-refractivity contribution in [1.82, 2.24) is 15.3 Å². The Morgan fingerprint density at radius 1 is 0.800 bits per heavy atom. The third-order valence-corrected chi connectivity index (χ3v) is 7.57. The summed E-state index contributed by atoms with van der Waals surface area (Å²) < 4.78 is 11.4. The van der Waals surface area contributed by atoms with Gasteiger partial charge in [-0.15, -0.1) is 0 Å². The highest BCUT2D eigenvalue weighted by Gasteiger charge is 2.52. The van der Waals surface area contributed by atoms with Crippen LogP contribution < -0.4 is 5.43 Å². The van der Waals surface area contributed by atoms with Crippen LogP contribution in [0.25, 0.3) is 0 Å². The van der Waals surface area contributed by atoms with Crippen molar-refractivity contribution in [2.24, 2.45) is 0 Å². The maximum absolute atomic E-state index is 13.3. The number of amides is 2. The summed E-state index contributed by atoms with van der Waals surface area (Å²) in [5.41, 5.74) is 8.02. The number of carbonyl (C=O) groups is 2. The SMILES string of the molecule is O=C(NN1C(=O)O[C@@H]2c3ccccc3C[C@@H](N(Cc3ccccc3)Cc3ccccc3)[C@@H]21)OCc1ccccc1. The smallest absolute Gasteiger partial charge is 0.429 e.